The number of halogens is 2. The molecule has 2 rings (SSSR count). The van der Waals surface area contributed by atoms with Crippen molar-refractivity contribution in [2.75, 3.05) is 0 Å². The fourth-order valence-corrected chi connectivity index (χ4v) is 3.49. The molecule has 2 unspecified atom stereocenters. The van der Waals surface area contributed by atoms with E-state index in [2.05, 4.69) is 15.9 Å². The maximum atomic E-state index is 12.8. The van der Waals surface area contributed by atoms with E-state index in [1.54, 1.807) is 25.1 Å². The van der Waals surface area contributed by atoms with Crippen LogP contribution < -0.4 is 0 Å². The van der Waals surface area contributed by atoms with Gasteiger partial charge >= 0.3 is 0 Å². The highest BCUT2D eigenvalue weighted by Crippen LogP contribution is 2.19. The number of hydrogen-bond donors (Lipinski definition) is 0. The molecule has 0 saturated heterocycles. The molecule has 0 aliphatic carbocycles. The minimum absolute atomic E-state index is 0.261. The Morgan fingerprint density at radius 2 is 1.85 bits per heavy atom. The number of carbonyl (C=O) groups excluding carboxylic acids is 1. The number of carbonyl (C=O) groups is 1. The molecule has 0 fully saturated rings. The van der Waals surface area contributed by atoms with E-state index in [1.807, 2.05) is 6.07 Å². The van der Waals surface area contributed by atoms with Crippen LogP contribution in [0.15, 0.2) is 57.9 Å². The molecule has 2 nitrogen and oxygen atoms in total. The molecule has 0 saturated carbocycles. The van der Waals surface area contributed by atoms with Crippen LogP contribution in [0, 0.1) is 5.82 Å². The molecule has 0 aliphatic heterocycles. The van der Waals surface area contributed by atoms with Crippen molar-refractivity contribution in [1.29, 1.82) is 0 Å². The Morgan fingerprint density at radius 3 is 2.45 bits per heavy atom. The second kappa shape index (κ2) is 6.41. The molecule has 2 aromatic rings. The van der Waals surface area contributed by atoms with Crippen LogP contribution in [0.4, 0.5) is 4.39 Å². The summed E-state index contributed by atoms with van der Waals surface area (Å²) in [4.78, 5) is 12.8. The van der Waals surface area contributed by atoms with Gasteiger partial charge in [0.15, 0.2) is 5.78 Å². The summed E-state index contributed by atoms with van der Waals surface area (Å²) in [6, 6.07) is 12.3. The first-order valence-corrected chi connectivity index (χ1v) is 7.95. The molecule has 0 heterocycles. The van der Waals surface area contributed by atoms with Gasteiger partial charge in [0.05, 0.1) is 16.0 Å². The SMILES string of the molecule is CC(C(=O)c1ccc(F)cc1)S(=O)c1cccc(Br)c1. The molecular weight excluding hydrogens is 343 g/mol. The zero-order valence-electron chi connectivity index (χ0n) is 10.7. The van der Waals surface area contributed by atoms with Crippen molar-refractivity contribution in [2.24, 2.45) is 0 Å². The molecule has 0 aliphatic rings. The van der Waals surface area contributed by atoms with Crippen molar-refractivity contribution in [3.05, 3.63) is 64.4 Å². The highest BCUT2D eigenvalue weighted by atomic mass is 79.9. The van der Waals surface area contributed by atoms with E-state index in [9.17, 15) is 13.4 Å². The Morgan fingerprint density at radius 1 is 1.20 bits per heavy atom. The summed E-state index contributed by atoms with van der Waals surface area (Å²) < 4.78 is 26.0. The molecule has 0 N–H and O–H groups in total. The number of ketones is 1. The molecule has 0 spiro atoms. The van der Waals surface area contributed by atoms with E-state index in [1.165, 1.54) is 24.3 Å². The predicted octanol–water partition coefficient (Wildman–Crippen LogP) is 3.97. The van der Waals surface area contributed by atoms with Crippen LogP contribution in [0.1, 0.15) is 17.3 Å². The molecule has 2 aromatic carbocycles. The van der Waals surface area contributed by atoms with Crippen molar-refractivity contribution in [1.82, 2.24) is 0 Å². The van der Waals surface area contributed by atoms with Gasteiger partial charge in [-0.05, 0) is 49.4 Å². The standard InChI is InChI=1S/C15H12BrFO2S/c1-10(15(18)11-5-7-13(17)8-6-11)20(19)14-4-2-3-12(16)9-14/h2-10H,1H3. The smallest absolute Gasteiger partial charge is 0.178 e. The summed E-state index contributed by atoms with van der Waals surface area (Å²) in [6.45, 7) is 1.61. The molecule has 0 aromatic heterocycles. The Balaban J connectivity index is 2.22. The van der Waals surface area contributed by atoms with Gasteiger partial charge in [-0.25, -0.2) is 4.39 Å². The van der Waals surface area contributed by atoms with Crippen molar-refractivity contribution in [3.63, 3.8) is 0 Å². The van der Waals surface area contributed by atoms with Crippen LogP contribution in [-0.2, 0) is 10.8 Å². The van der Waals surface area contributed by atoms with Gasteiger partial charge in [0.2, 0.25) is 0 Å². The van der Waals surface area contributed by atoms with Gasteiger partial charge in [-0.3, -0.25) is 9.00 Å². The maximum Gasteiger partial charge on any atom is 0.178 e. The van der Waals surface area contributed by atoms with E-state index in [-0.39, 0.29) is 5.78 Å². The zero-order chi connectivity index (χ0) is 14.7. The van der Waals surface area contributed by atoms with E-state index >= 15 is 0 Å². The van der Waals surface area contributed by atoms with Crippen molar-refractivity contribution in [3.8, 4) is 0 Å². The fraction of sp³-hybridized carbons (Fsp3) is 0.133. The molecular formula is C15H12BrFO2S. The molecule has 20 heavy (non-hydrogen) atoms. The maximum absolute atomic E-state index is 12.8. The zero-order valence-corrected chi connectivity index (χ0v) is 13.1. The molecule has 0 bridgehead atoms. The fourth-order valence-electron chi connectivity index (χ4n) is 1.74. The monoisotopic (exact) mass is 354 g/mol. The Bertz CT molecular complexity index is 655. The summed E-state index contributed by atoms with van der Waals surface area (Å²) >= 11 is 3.31. The molecule has 0 radical (unpaired) electrons. The van der Waals surface area contributed by atoms with E-state index in [4.69, 9.17) is 0 Å². The highest BCUT2D eigenvalue weighted by Gasteiger charge is 2.22. The van der Waals surface area contributed by atoms with Crippen LogP contribution in [-0.4, -0.2) is 15.2 Å². The lowest BCUT2D eigenvalue weighted by molar-refractivity contribution is 0.0992. The molecule has 2 atom stereocenters. The Labute approximate surface area is 127 Å². The van der Waals surface area contributed by atoms with Gasteiger partial charge in [-0.2, -0.15) is 0 Å². The van der Waals surface area contributed by atoms with Crippen LogP contribution in [0.3, 0.4) is 0 Å². The Hall–Kier alpha value is -1.33. The van der Waals surface area contributed by atoms with Gasteiger partial charge in [-0.15, -0.1) is 0 Å². The largest absolute Gasteiger partial charge is 0.293 e. The number of benzene rings is 2. The third kappa shape index (κ3) is 3.41. The minimum atomic E-state index is -1.45. The Kier molecular flexibility index (Phi) is 4.83. The minimum Gasteiger partial charge on any atom is -0.293 e. The summed E-state index contributed by atoms with van der Waals surface area (Å²) in [7, 11) is -1.45. The quantitative estimate of drug-likeness (QED) is 0.778. The highest BCUT2D eigenvalue weighted by molar-refractivity contribution is 9.10. The predicted molar refractivity (Wildman–Crippen MR) is 80.7 cm³/mol. The average Bonchev–Trinajstić information content (AvgIpc) is 2.46. The lowest BCUT2D eigenvalue weighted by Gasteiger charge is -2.11. The average molecular weight is 355 g/mol. The van der Waals surface area contributed by atoms with Gasteiger partial charge in [0.1, 0.15) is 5.82 Å². The van der Waals surface area contributed by atoms with E-state index in [0.717, 1.165) is 4.47 Å². The molecule has 0 amide bonds. The first kappa shape index (κ1) is 15.1. The molecule has 5 heteroatoms. The van der Waals surface area contributed by atoms with Gasteiger partial charge in [0.25, 0.3) is 0 Å². The summed E-state index contributed by atoms with van der Waals surface area (Å²) in [5.41, 5.74) is 0.363. The lowest BCUT2D eigenvalue weighted by Crippen LogP contribution is -2.22. The van der Waals surface area contributed by atoms with E-state index in [0.29, 0.717) is 10.5 Å². The summed E-state index contributed by atoms with van der Waals surface area (Å²) in [5.74, 6) is -0.661. The van der Waals surface area contributed by atoms with Crippen molar-refractivity contribution >= 4 is 32.5 Å². The van der Waals surface area contributed by atoms with E-state index < -0.39 is 21.9 Å². The number of hydrogen-bond acceptors (Lipinski definition) is 2. The first-order valence-electron chi connectivity index (χ1n) is 5.95. The third-order valence-electron chi connectivity index (χ3n) is 2.85. The second-order valence-electron chi connectivity index (χ2n) is 4.27. The van der Waals surface area contributed by atoms with Gasteiger partial charge < -0.3 is 0 Å². The lowest BCUT2D eigenvalue weighted by atomic mass is 10.1. The summed E-state index contributed by atoms with van der Waals surface area (Å²) in [5, 5.41) is -0.685. The number of Topliss-reactive ketones (excluding diaryl/α,β-unsaturated/α-hetero) is 1. The topological polar surface area (TPSA) is 34.1 Å². The van der Waals surface area contributed by atoms with Gasteiger partial charge in [0, 0.05) is 14.9 Å². The number of rotatable bonds is 4. The van der Waals surface area contributed by atoms with Crippen LogP contribution in [0.5, 0.6) is 0 Å². The van der Waals surface area contributed by atoms with Crippen LogP contribution >= 0.6 is 15.9 Å². The van der Waals surface area contributed by atoms with Crippen molar-refractivity contribution < 1.29 is 13.4 Å². The van der Waals surface area contributed by atoms with Crippen LogP contribution in [0.25, 0.3) is 0 Å². The van der Waals surface area contributed by atoms with Gasteiger partial charge in [-0.1, -0.05) is 22.0 Å². The normalized spacial score (nSPS) is 13.8. The molecule has 104 valence electrons. The van der Waals surface area contributed by atoms with Crippen LogP contribution in [0.2, 0.25) is 0 Å². The van der Waals surface area contributed by atoms with Crippen molar-refractivity contribution in [2.45, 2.75) is 17.1 Å². The first-order chi connectivity index (χ1) is 9.49. The third-order valence-corrected chi connectivity index (χ3v) is 4.92. The second-order valence-corrected chi connectivity index (χ2v) is 6.96. The summed E-state index contributed by atoms with van der Waals surface area (Å²) in [6.07, 6.45) is 0.